The van der Waals surface area contributed by atoms with Gasteiger partial charge < -0.3 is 14.5 Å². The SMILES string of the molecule is COC(=O)C[C@@H](c1ccc(C)c(CN2Cc3[nH]c(=O)ccc3O[C@H](C(F)(F)F)C2)c1)c1ccc2c(nnn2C)c1C. The minimum absolute atomic E-state index is 0.00733. The lowest BCUT2D eigenvalue weighted by Gasteiger charge is -2.26. The summed E-state index contributed by atoms with van der Waals surface area (Å²) >= 11 is 0. The molecule has 1 aliphatic heterocycles. The first kappa shape index (κ1) is 28.3. The molecule has 0 fully saturated rings. The number of halogens is 3. The van der Waals surface area contributed by atoms with Crippen LogP contribution in [0.25, 0.3) is 11.0 Å². The molecule has 3 heterocycles. The maximum absolute atomic E-state index is 13.9. The van der Waals surface area contributed by atoms with Crippen LogP contribution < -0.4 is 10.3 Å². The van der Waals surface area contributed by atoms with E-state index in [1.807, 2.05) is 44.2 Å². The fraction of sp³-hybridized carbons (Fsp3) is 0.379. The number of aromatic amines is 1. The molecule has 0 saturated carbocycles. The number of aromatic nitrogens is 4. The zero-order valence-corrected chi connectivity index (χ0v) is 23.1. The molecule has 2 atom stereocenters. The molecule has 1 N–H and O–H groups in total. The number of hydrogen-bond acceptors (Lipinski definition) is 7. The number of nitrogens with one attached hydrogen (secondary N) is 1. The maximum atomic E-state index is 13.9. The Kier molecular flexibility index (Phi) is 7.60. The van der Waals surface area contributed by atoms with Crippen LogP contribution in [0.1, 0.15) is 45.8 Å². The topological polar surface area (TPSA) is 102 Å². The Hall–Kier alpha value is -4.19. The van der Waals surface area contributed by atoms with Gasteiger partial charge in [0.05, 0.1) is 24.7 Å². The number of pyridine rings is 1. The highest BCUT2D eigenvalue weighted by Crippen LogP contribution is 2.36. The van der Waals surface area contributed by atoms with Gasteiger partial charge in [-0.2, -0.15) is 13.2 Å². The van der Waals surface area contributed by atoms with E-state index in [4.69, 9.17) is 9.47 Å². The Morgan fingerprint density at radius 3 is 2.71 bits per heavy atom. The Morgan fingerprint density at radius 1 is 1.20 bits per heavy atom. The molecule has 2 aromatic carbocycles. The van der Waals surface area contributed by atoms with Crippen LogP contribution in [0, 0.1) is 13.8 Å². The van der Waals surface area contributed by atoms with Gasteiger partial charge in [-0.05, 0) is 53.8 Å². The van der Waals surface area contributed by atoms with Gasteiger partial charge in [0.15, 0.2) is 0 Å². The number of aryl methyl sites for hydroxylation is 3. The summed E-state index contributed by atoms with van der Waals surface area (Å²) in [6.45, 7) is 3.63. The molecular formula is C29H30F3N5O4. The van der Waals surface area contributed by atoms with Gasteiger partial charge >= 0.3 is 12.1 Å². The molecule has 0 saturated heterocycles. The lowest BCUT2D eigenvalue weighted by molar-refractivity contribution is -0.198. The molecule has 0 amide bonds. The number of methoxy groups -OCH3 is 1. The monoisotopic (exact) mass is 569 g/mol. The second kappa shape index (κ2) is 11.0. The van der Waals surface area contributed by atoms with E-state index in [0.717, 1.165) is 44.9 Å². The first-order valence-corrected chi connectivity index (χ1v) is 13.1. The molecule has 12 heteroatoms. The highest BCUT2D eigenvalue weighted by atomic mass is 19.4. The van der Waals surface area contributed by atoms with Gasteiger partial charge in [-0.3, -0.25) is 14.5 Å². The third kappa shape index (κ3) is 5.83. The van der Waals surface area contributed by atoms with Gasteiger partial charge in [-0.15, -0.1) is 5.10 Å². The van der Waals surface area contributed by atoms with Crippen molar-refractivity contribution in [1.82, 2.24) is 24.9 Å². The highest BCUT2D eigenvalue weighted by molar-refractivity contribution is 5.80. The average Bonchev–Trinajstić information content (AvgIpc) is 3.19. The Labute approximate surface area is 233 Å². The summed E-state index contributed by atoms with van der Waals surface area (Å²) in [5.41, 5.74) is 5.69. The van der Waals surface area contributed by atoms with E-state index in [1.54, 1.807) is 16.6 Å². The van der Waals surface area contributed by atoms with Crippen LogP contribution in [-0.2, 0) is 29.7 Å². The number of benzene rings is 2. The summed E-state index contributed by atoms with van der Waals surface area (Å²) in [6, 6.07) is 12.0. The maximum Gasteiger partial charge on any atom is 0.426 e. The highest BCUT2D eigenvalue weighted by Gasteiger charge is 2.44. The Morgan fingerprint density at radius 2 is 1.98 bits per heavy atom. The molecule has 9 nitrogen and oxygen atoms in total. The van der Waals surface area contributed by atoms with Crippen LogP contribution in [0.3, 0.4) is 0 Å². The minimum atomic E-state index is -4.60. The van der Waals surface area contributed by atoms with Crippen molar-refractivity contribution < 1.29 is 27.4 Å². The molecule has 0 radical (unpaired) electrons. The van der Waals surface area contributed by atoms with Crippen molar-refractivity contribution in [2.45, 2.75) is 51.6 Å². The number of carbonyl (C=O) groups is 1. The van der Waals surface area contributed by atoms with Crippen molar-refractivity contribution in [3.8, 4) is 5.75 Å². The van der Waals surface area contributed by atoms with Crippen LogP contribution >= 0.6 is 0 Å². The molecule has 2 aromatic heterocycles. The van der Waals surface area contributed by atoms with Crippen molar-refractivity contribution in [3.63, 3.8) is 0 Å². The number of carbonyl (C=O) groups excluding carboxylic acids is 1. The smallest absolute Gasteiger partial charge is 0.426 e. The lowest BCUT2D eigenvalue weighted by atomic mass is 9.84. The third-order valence-corrected chi connectivity index (χ3v) is 7.62. The van der Waals surface area contributed by atoms with E-state index in [1.165, 1.54) is 13.2 Å². The number of rotatable bonds is 6. The zero-order chi connectivity index (χ0) is 29.5. The first-order valence-electron chi connectivity index (χ1n) is 13.1. The lowest BCUT2D eigenvalue weighted by Crippen LogP contribution is -2.42. The van der Waals surface area contributed by atoms with E-state index in [0.29, 0.717) is 0 Å². The average molecular weight is 570 g/mol. The van der Waals surface area contributed by atoms with Crippen LogP contribution in [-0.4, -0.2) is 56.8 Å². The number of alkyl halides is 3. The quantitative estimate of drug-likeness (QED) is 0.346. The normalized spacial score (nSPS) is 16.6. The summed E-state index contributed by atoms with van der Waals surface area (Å²) in [4.78, 5) is 28.7. The number of nitrogens with zero attached hydrogens (tertiary/aromatic N) is 4. The standard InChI is InChI=1S/C29H30F3N5O4/c1-16-5-6-18(21(12-27(39)40-4)20-7-8-23-28(17(20)2)34-35-36(23)3)11-19(16)13-37-14-22-24(9-10-26(38)33-22)41-25(15-37)29(30,31)32/h5-11,21,25H,12-15H2,1-4H3,(H,33,38)/t21-,25-/m0/s1. The predicted octanol–water partition coefficient (Wildman–Crippen LogP) is 4.29. The summed E-state index contributed by atoms with van der Waals surface area (Å²) in [5.74, 6) is -0.775. The molecule has 216 valence electrons. The van der Waals surface area contributed by atoms with Crippen LogP contribution in [0.4, 0.5) is 13.2 Å². The molecule has 0 aliphatic carbocycles. The van der Waals surface area contributed by atoms with Crippen molar-refractivity contribution in [3.05, 3.63) is 86.3 Å². The largest absolute Gasteiger partial charge is 0.478 e. The molecule has 1 aliphatic rings. The first-order chi connectivity index (χ1) is 19.4. The number of hydrogen-bond donors (Lipinski definition) is 1. The van der Waals surface area contributed by atoms with Crippen LogP contribution in [0.2, 0.25) is 0 Å². The van der Waals surface area contributed by atoms with Gasteiger partial charge in [-0.1, -0.05) is 29.5 Å². The van der Waals surface area contributed by atoms with Gasteiger partial charge in [0.2, 0.25) is 11.7 Å². The van der Waals surface area contributed by atoms with E-state index in [9.17, 15) is 22.8 Å². The van der Waals surface area contributed by atoms with Gasteiger partial charge in [-0.25, -0.2) is 4.68 Å². The summed E-state index contributed by atoms with van der Waals surface area (Å²) in [6.07, 6.45) is -6.60. The van der Waals surface area contributed by atoms with Crippen LogP contribution in [0.5, 0.6) is 5.75 Å². The molecule has 0 unspecified atom stereocenters. The van der Waals surface area contributed by atoms with E-state index < -0.39 is 30.4 Å². The number of esters is 1. The molecule has 5 rings (SSSR count). The Balaban J connectivity index is 1.53. The Bertz CT molecular complexity index is 1660. The van der Waals surface area contributed by atoms with Gasteiger partial charge in [0.25, 0.3) is 0 Å². The third-order valence-electron chi connectivity index (χ3n) is 7.62. The summed E-state index contributed by atoms with van der Waals surface area (Å²) < 4.78 is 53.6. The summed E-state index contributed by atoms with van der Waals surface area (Å²) in [7, 11) is 3.14. The molecule has 4 aromatic rings. The van der Waals surface area contributed by atoms with Crippen molar-refractivity contribution in [2.75, 3.05) is 13.7 Å². The van der Waals surface area contributed by atoms with E-state index in [-0.39, 0.29) is 36.9 Å². The fourth-order valence-electron chi connectivity index (χ4n) is 5.34. The van der Waals surface area contributed by atoms with E-state index >= 15 is 0 Å². The van der Waals surface area contributed by atoms with Crippen LogP contribution in [0.15, 0.2) is 47.3 Å². The predicted molar refractivity (Wildman–Crippen MR) is 145 cm³/mol. The fourth-order valence-corrected chi connectivity index (χ4v) is 5.34. The molecule has 41 heavy (non-hydrogen) atoms. The van der Waals surface area contributed by atoms with E-state index in [2.05, 4.69) is 15.3 Å². The number of fused-ring (bicyclic) bond motifs is 2. The minimum Gasteiger partial charge on any atom is -0.478 e. The second-order valence-electron chi connectivity index (χ2n) is 10.4. The van der Waals surface area contributed by atoms with Crippen molar-refractivity contribution in [2.24, 2.45) is 7.05 Å². The number of H-pyrrole nitrogens is 1. The zero-order valence-electron chi connectivity index (χ0n) is 23.1. The van der Waals surface area contributed by atoms with Gasteiger partial charge in [0, 0.05) is 38.7 Å². The molecule has 0 spiro atoms. The molecule has 0 bridgehead atoms. The molecular weight excluding hydrogens is 539 g/mol. The second-order valence-corrected chi connectivity index (χ2v) is 10.4. The van der Waals surface area contributed by atoms with Crippen molar-refractivity contribution in [1.29, 1.82) is 0 Å². The summed E-state index contributed by atoms with van der Waals surface area (Å²) in [5, 5.41) is 8.39. The van der Waals surface area contributed by atoms with Gasteiger partial charge in [0.1, 0.15) is 11.3 Å². The number of ether oxygens (including phenoxy) is 2. The van der Waals surface area contributed by atoms with Crippen molar-refractivity contribution >= 4 is 17.0 Å².